The Bertz CT molecular complexity index is 1460. The molecule has 8 nitrogen and oxygen atoms in total. The summed E-state index contributed by atoms with van der Waals surface area (Å²) in [6, 6.07) is 13.7. The second-order valence-corrected chi connectivity index (χ2v) is 10.8. The van der Waals surface area contributed by atoms with Crippen molar-refractivity contribution < 1.29 is 14.3 Å². The second kappa shape index (κ2) is 9.97. The molecule has 2 amide bonds. The first-order valence-electron chi connectivity index (χ1n) is 12.8. The second-order valence-electron chi connectivity index (χ2n) is 9.82. The average molecular weight is 516 g/mol. The van der Waals surface area contributed by atoms with Gasteiger partial charge in [0.25, 0.3) is 5.91 Å². The van der Waals surface area contributed by atoms with E-state index in [1.807, 2.05) is 29.2 Å². The van der Waals surface area contributed by atoms with Crippen LogP contribution in [0.25, 0.3) is 16.1 Å². The number of hydrogen-bond acceptors (Lipinski definition) is 6. The van der Waals surface area contributed by atoms with Gasteiger partial charge in [-0.2, -0.15) is 0 Å². The first-order chi connectivity index (χ1) is 18.1. The molecule has 0 radical (unpaired) electrons. The van der Waals surface area contributed by atoms with Gasteiger partial charge in [-0.15, -0.1) is 11.3 Å². The summed E-state index contributed by atoms with van der Waals surface area (Å²) in [4.78, 5) is 38.5. The van der Waals surface area contributed by atoms with Gasteiger partial charge in [0, 0.05) is 31.2 Å². The summed E-state index contributed by atoms with van der Waals surface area (Å²) >= 11 is 1.65. The molecule has 4 heterocycles. The van der Waals surface area contributed by atoms with E-state index in [9.17, 15) is 9.59 Å². The van der Waals surface area contributed by atoms with E-state index >= 15 is 0 Å². The van der Waals surface area contributed by atoms with Crippen LogP contribution in [0, 0.1) is 6.92 Å². The van der Waals surface area contributed by atoms with Crippen LogP contribution in [0.4, 0.5) is 4.79 Å². The van der Waals surface area contributed by atoms with Gasteiger partial charge in [0.1, 0.15) is 11.3 Å². The third-order valence-electron chi connectivity index (χ3n) is 7.00. The Kier molecular flexibility index (Phi) is 6.38. The molecule has 1 saturated carbocycles. The van der Waals surface area contributed by atoms with E-state index in [1.54, 1.807) is 21.9 Å². The maximum atomic E-state index is 13.9. The predicted octanol–water partition coefficient (Wildman–Crippen LogP) is 5.43. The van der Waals surface area contributed by atoms with Crippen LogP contribution < -0.4 is 10.1 Å². The third kappa shape index (κ3) is 4.96. The van der Waals surface area contributed by atoms with E-state index < -0.39 is 6.09 Å². The number of aromatic nitrogens is 3. The highest BCUT2D eigenvalue weighted by atomic mass is 32.1. The molecule has 9 heteroatoms. The lowest BCUT2D eigenvalue weighted by Gasteiger charge is -2.35. The van der Waals surface area contributed by atoms with Crippen molar-refractivity contribution in [3.8, 4) is 16.3 Å². The predicted molar refractivity (Wildman–Crippen MR) is 142 cm³/mol. The highest BCUT2D eigenvalue weighted by Gasteiger charge is 2.34. The van der Waals surface area contributed by atoms with Crippen molar-refractivity contribution in [2.75, 3.05) is 13.1 Å². The molecule has 1 atom stereocenters. The first kappa shape index (κ1) is 23.7. The van der Waals surface area contributed by atoms with E-state index in [-0.39, 0.29) is 11.9 Å². The van der Waals surface area contributed by atoms with E-state index in [1.165, 1.54) is 6.20 Å². The fourth-order valence-corrected chi connectivity index (χ4v) is 6.12. The third-order valence-corrected chi connectivity index (χ3v) is 8.27. The lowest BCUT2D eigenvalue weighted by atomic mass is 10.0. The van der Waals surface area contributed by atoms with Gasteiger partial charge in [-0.1, -0.05) is 35.9 Å². The summed E-state index contributed by atoms with van der Waals surface area (Å²) < 4.78 is 7.21. The van der Waals surface area contributed by atoms with Crippen molar-refractivity contribution in [3.63, 3.8) is 0 Å². The molecule has 4 aromatic rings. The van der Waals surface area contributed by atoms with Gasteiger partial charge in [-0.05, 0) is 56.7 Å². The van der Waals surface area contributed by atoms with Gasteiger partial charge in [0.2, 0.25) is 5.88 Å². The molecule has 190 valence electrons. The number of rotatable bonds is 6. The van der Waals surface area contributed by atoms with Crippen LogP contribution in [0.5, 0.6) is 5.88 Å². The Morgan fingerprint density at radius 3 is 2.86 bits per heavy atom. The summed E-state index contributed by atoms with van der Waals surface area (Å²) in [6.45, 7) is 3.03. The van der Waals surface area contributed by atoms with Crippen LogP contribution in [-0.4, -0.2) is 50.4 Å². The van der Waals surface area contributed by atoms with Crippen molar-refractivity contribution in [3.05, 3.63) is 71.1 Å². The van der Waals surface area contributed by atoms with Gasteiger partial charge in [-0.3, -0.25) is 9.20 Å². The molecule has 0 bridgehead atoms. The number of nitrogens with zero attached hydrogens (tertiary/aromatic N) is 4. The maximum Gasteiger partial charge on any atom is 0.414 e. The smallest absolute Gasteiger partial charge is 0.391 e. The van der Waals surface area contributed by atoms with Crippen LogP contribution in [0.3, 0.4) is 0 Å². The number of fused-ring (bicyclic) bond motifs is 1. The Morgan fingerprint density at radius 1 is 1.14 bits per heavy atom. The molecule has 1 saturated heterocycles. The minimum Gasteiger partial charge on any atom is -0.391 e. The van der Waals surface area contributed by atoms with Gasteiger partial charge < -0.3 is 15.0 Å². The molecule has 37 heavy (non-hydrogen) atoms. The molecule has 0 spiro atoms. The van der Waals surface area contributed by atoms with Crippen molar-refractivity contribution in [2.24, 2.45) is 0 Å². The SMILES string of the molecule is Cc1cccc(-c2sc(C3CC3)nc2C(=O)N2CCCC[C@H]2CNC(=O)Oc2cnc3ccccn23)c1. The lowest BCUT2D eigenvalue weighted by molar-refractivity contribution is 0.0607. The molecule has 0 unspecified atom stereocenters. The number of pyridine rings is 1. The van der Waals surface area contributed by atoms with Crippen LogP contribution in [0.15, 0.2) is 54.9 Å². The van der Waals surface area contributed by atoms with Gasteiger partial charge in [0.15, 0.2) is 0 Å². The van der Waals surface area contributed by atoms with E-state index in [2.05, 4.69) is 35.4 Å². The number of likely N-dealkylation sites (tertiary alicyclic amines) is 1. The van der Waals surface area contributed by atoms with Crippen LogP contribution >= 0.6 is 11.3 Å². The van der Waals surface area contributed by atoms with Gasteiger partial charge in [0.05, 0.1) is 16.1 Å². The van der Waals surface area contributed by atoms with Crippen molar-refractivity contribution in [1.82, 2.24) is 24.6 Å². The number of piperidine rings is 1. The molecule has 1 N–H and O–H groups in total. The first-order valence-corrected chi connectivity index (χ1v) is 13.6. The largest absolute Gasteiger partial charge is 0.414 e. The van der Waals surface area contributed by atoms with Crippen LogP contribution in [-0.2, 0) is 0 Å². The summed E-state index contributed by atoms with van der Waals surface area (Å²) in [5, 5.41) is 3.92. The standard InChI is InChI=1S/C28H29N5O3S/c1-18-7-6-8-20(15-18)25-24(31-26(37-25)19-11-12-19)27(34)32-13-4-2-9-21(32)16-30-28(35)36-23-17-29-22-10-3-5-14-33(22)23/h3,5-8,10,14-15,17,19,21H,2,4,9,11-13,16H2,1H3,(H,30,35)/t21-/m0/s1. The average Bonchev–Trinajstić information content (AvgIpc) is 3.55. The van der Waals surface area contributed by atoms with Crippen molar-refractivity contribution >= 4 is 29.0 Å². The monoisotopic (exact) mass is 515 g/mol. The Balaban J connectivity index is 1.19. The summed E-state index contributed by atoms with van der Waals surface area (Å²) in [5.74, 6) is 0.771. The number of nitrogens with one attached hydrogen (secondary N) is 1. The van der Waals surface area contributed by atoms with Gasteiger partial charge >= 0.3 is 6.09 Å². The fourth-order valence-electron chi connectivity index (χ4n) is 4.90. The van der Waals surface area contributed by atoms with E-state index in [4.69, 9.17) is 9.72 Å². The van der Waals surface area contributed by atoms with E-state index in [0.717, 1.165) is 53.1 Å². The number of aryl methyl sites for hydroxylation is 1. The molecule has 2 fully saturated rings. The molecular formula is C28H29N5O3S. The van der Waals surface area contributed by atoms with Gasteiger partial charge in [-0.25, -0.2) is 14.8 Å². The number of thiazole rings is 1. The number of hydrogen-bond donors (Lipinski definition) is 1. The molecular weight excluding hydrogens is 486 g/mol. The quantitative estimate of drug-likeness (QED) is 0.370. The Labute approximate surface area is 219 Å². The lowest BCUT2D eigenvalue weighted by Crippen LogP contribution is -2.50. The minimum atomic E-state index is -0.561. The Hall–Kier alpha value is -3.72. The number of carbonyl (C=O) groups is 2. The fraction of sp³-hybridized carbons (Fsp3) is 0.357. The zero-order valence-electron chi connectivity index (χ0n) is 20.7. The zero-order chi connectivity index (χ0) is 25.4. The molecule has 1 aromatic carbocycles. The summed E-state index contributed by atoms with van der Waals surface area (Å²) in [6.07, 6.45) is 7.80. The van der Waals surface area contributed by atoms with Crippen molar-refractivity contribution in [2.45, 2.75) is 51.0 Å². The number of imidazole rings is 1. The molecule has 1 aliphatic heterocycles. The maximum absolute atomic E-state index is 13.9. The minimum absolute atomic E-state index is 0.0543. The Morgan fingerprint density at radius 2 is 2.03 bits per heavy atom. The normalized spacial score (nSPS) is 17.6. The molecule has 1 aliphatic carbocycles. The van der Waals surface area contributed by atoms with E-state index in [0.29, 0.717) is 36.2 Å². The number of benzene rings is 1. The summed E-state index contributed by atoms with van der Waals surface area (Å²) in [5.41, 5.74) is 3.43. The van der Waals surface area contributed by atoms with Crippen LogP contribution in [0.2, 0.25) is 0 Å². The van der Waals surface area contributed by atoms with Crippen LogP contribution in [0.1, 0.15) is 59.1 Å². The number of carbonyl (C=O) groups excluding carboxylic acids is 2. The topological polar surface area (TPSA) is 88.8 Å². The zero-order valence-corrected chi connectivity index (χ0v) is 21.5. The number of ether oxygens (including phenoxy) is 1. The molecule has 2 aliphatic rings. The summed E-state index contributed by atoms with van der Waals surface area (Å²) in [7, 11) is 0. The van der Waals surface area contributed by atoms with Crippen molar-refractivity contribution in [1.29, 1.82) is 0 Å². The molecule has 6 rings (SSSR count). The number of amides is 2. The highest BCUT2D eigenvalue weighted by Crippen LogP contribution is 2.45. The highest BCUT2D eigenvalue weighted by molar-refractivity contribution is 7.15. The molecule has 3 aromatic heterocycles.